The van der Waals surface area contributed by atoms with Gasteiger partial charge in [-0.2, -0.15) is 13.2 Å². The third kappa shape index (κ3) is 3.20. The number of aliphatic hydroxyl groups excluding tert-OH is 1. The molecule has 2 N–H and O–H groups in total. The van der Waals surface area contributed by atoms with Gasteiger partial charge in [0.25, 0.3) is 0 Å². The molecule has 16 heavy (non-hydrogen) atoms. The van der Waals surface area contributed by atoms with Gasteiger partial charge >= 0.3 is 6.18 Å². The van der Waals surface area contributed by atoms with Crippen molar-refractivity contribution in [2.45, 2.75) is 12.3 Å². The summed E-state index contributed by atoms with van der Waals surface area (Å²) in [6, 6.07) is 3.71. The zero-order valence-corrected chi connectivity index (χ0v) is 10.1. The van der Waals surface area contributed by atoms with Crippen molar-refractivity contribution in [2.24, 2.45) is 0 Å². The summed E-state index contributed by atoms with van der Waals surface area (Å²) in [4.78, 5) is 0. The van der Waals surface area contributed by atoms with Crippen molar-refractivity contribution in [3.8, 4) is 0 Å². The van der Waals surface area contributed by atoms with Crippen molar-refractivity contribution in [3.63, 3.8) is 0 Å². The lowest BCUT2D eigenvalue weighted by Gasteiger charge is -2.17. The van der Waals surface area contributed by atoms with Gasteiger partial charge in [-0.3, -0.25) is 0 Å². The third-order valence-electron chi connectivity index (χ3n) is 2.08. The van der Waals surface area contributed by atoms with E-state index in [9.17, 15) is 18.3 Å². The van der Waals surface area contributed by atoms with Crippen molar-refractivity contribution in [3.05, 3.63) is 33.8 Å². The number of benzene rings is 1. The molecule has 6 heteroatoms. The number of alkyl halides is 3. The molecule has 0 aromatic heterocycles. The first-order valence-electron chi connectivity index (χ1n) is 4.55. The van der Waals surface area contributed by atoms with E-state index in [1.807, 2.05) is 0 Å². The highest BCUT2D eigenvalue weighted by Gasteiger charge is 2.34. The smallest absolute Gasteiger partial charge is 0.387 e. The highest BCUT2D eigenvalue weighted by Crippen LogP contribution is 2.36. The Morgan fingerprint density at radius 2 is 2.06 bits per heavy atom. The highest BCUT2D eigenvalue weighted by molar-refractivity contribution is 9.10. The number of rotatable bonds is 3. The van der Waals surface area contributed by atoms with Gasteiger partial charge in [0.15, 0.2) is 0 Å². The first-order valence-corrected chi connectivity index (χ1v) is 5.35. The largest absolute Gasteiger partial charge is 0.416 e. The molecule has 90 valence electrons. The molecule has 0 aliphatic rings. The van der Waals surface area contributed by atoms with E-state index in [1.165, 1.54) is 12.1 Å². The summed E-state index contributed by atoms with van der Waals surface area (Å²) in [7, 11) is 1.56. The van der Waals surface area contributed by atoms with E-state index in [0.29, 0.717) is 4.47 Å². The van der Waals surface area contributed by atoms with Gasteiger partial charge < -0.3 is 10.4 Å². The van der Waals surface area contributed by atoms with Crippen LogP contribution >= 0.6 is 15.9 Å². The van der Waals surface area contributed by atoms with Crippen LogP contribution in [-0.2, 0) is 6.18 Å². The molecule has 0 saturated carbocycles. The highest BCUT2D eigenvalue weighted by atomic mass is 79.9. The van der Waals surface area contributed by atoms with Crippen LogP contribution < -0.4 is 5.32 Å². The number of halogens is 4. The number of nitrogens with one attached hydrogen (secondary N) is 1. The zero-order chi connectivity index (χ0) is 12.3. The van der Waals surface area contributed by atoms with Crippen molar-refractivity contribution in [2.75, 3.05) is 13.6 Å². The normalized spacial score (nSPS) is 13.9. The average molecular weight is 298 g/mol. The molecule has 0 fully saturated rings. The fraction of sp³-hybridized carbons (Fsp3) is 0.400. The molecule has 1 aromatic carbocycles. The van der Waals surface area contributed by atoms with Crippen molar-refractivity contribution >= 4 is 15.9 Å². The van der Waals surface area contributed by atoms with Gasteiger partial charge in [-0.25, -0.2) is 0 Å². The van der Waals surface area contributed by atoms with Gasteiger partial charge in [0.05, 0.1) is 11.7 Å². The molecule has 0 aliphatic carbocycles. The van der Waals surface area contributed by atoms with E-state index < -0.39 is 17.8 Å². The Morgan fingerprint density at radius 3 is 2.56 bits per heavy atom. The SMILES string of the molecule is CNCC(O)c1ccc(Br)cc1C(F)(F)F. The quantitative estimate of drug-likeness (QED) is 0.899. The number of likely N-dealkylation sites (N-methyl/N-ethyl adjacent to an activating group) is 1. The minimum absolute atomic E-state index is 0.0741. The summed E-state index contributed by atoms with van der Waals surface area (Å²) in [6.07, 6.45) is -5.64. The summed E-state index contributed by atoms with van der Waals surface area (Å²) in [5.74, 6) is 0. The third-order valence-corrected chi connectivity index (χ3v) is 2.57. The second kappa shape index (κ2) is 5.16. The minimum Gasteiger partial charge on any atom is -0.387 e. The molecule has 0 bridgehead atoms. The Bertz CT molecular complexity index is 368. The second-order valence-electron chi connectivity index (χ2n) is 3.30. The van der Waals surface area contributed by atoms with Gasteiger partial charge in [0.2, 0.25) is 0 Å². The maximum absolute atomic E-state index is 12.7. The van der Waals surface area contributed by atoms with Gasteiger partial charge in [-0.05, 0) is 24.7 Å². The predicted octanol–water partition coefficient (Wildman–Crippen LogP) is 2.72. The van der Waals surface area contributed by atoms with Crippen LogP contribution in [-0.4, -0.2) is 18.7 Å². The number of hydrogen-bond acceptors (Lipinski definition) is 2. The predicted molar refractivity (Wildman–Crippen MR) is 58.0 cm³/mol. The summed E-state index contributed by atoms with van der Waals surface area (Å²) in [5, 5.41) is 12.2. The number of aliphatic hydroxyl groups is 1. The van der Waals surface area contributed by atoms with E-state index >= 15 is 0 Å². The maximum Gasteiger partial charge on any atom is 0.416 e. The van der Waals surface area contributed by atoms with Crippen molar-refractivity contribution in [1.29, 1.82) is 0 Å². The molecule has 1 atom stereocenters. The van der Waals surface area contributed by atoms with Crippen LogP contribution in [0.25, 0.3) is 0 Å². The molecule has 0 saturated heterocycles. The fourth-order valence-corrected chi connectivity index (χ4v) is 1.73. The number of hydrogen-bond donors (Lipinski definition) is 2. The summed E-state index contributed by atoms with van der Waals surface area (Å²) < 4.78 is 38.4. The van der Waals surface area contributed by atoms with E-state index in [0.717, 1.165) is 6.07 Å². The fourth-order valence-electron chi connectivity index (χ4n) is 1.37. The van der Waals surface area contributed by atoms with Gasteiger partial charge in [0.1, 0.15) is 0 Å². The average Bonchev–Trinajstić information content (AvgIpc) is 2.16. The lowest BCUT2D eigenvalue weighted by Crippen LogP contribution is -2.20. The molecular formula is C10H11BrF3NO. The molecule has 1 aromatic rings. The molecular weight excluding hydrogens is 287 g/mol. The van der Waals surface area contributed by atoms with Crippen molar-refractivity contribution < 1.29 is 18.3 Å². The van der Waals surface area contributed by atoms with Crippen LogP contribution in [0.3, 0.4) is 0 Å². The monoisotopic (exact) mass is 297 g/mol. The Morgan fingerprint density at radius 1 is 1.44 bits per heavy atom. The molecule has 0 amide bonds. The van der Waals surface area contributed by atoms with Crippen LogP contribution in [0.1, 0.15) is 17.2 Å². The van der Waals surface area contributed by atoms with Crippen molar-refractivity contribution in [1.82, 2.24) is 5.32 Å². The van der Waals surface area contributed by atoms with Crippen LogP contribution in [0.2, 0.25) is 0 Å². The minimum atomic E-state index is -4.46. The molecule has 1 rings (SSSR count). The molecule has 0 heterocycles. The lowest BCUT2D eigenvalue weighted by molar-refractivity contribution is -0.139. The maximum atomic E-state index is 12.7. The second-order valence-corrected chi connectivity index (χ2v) is 4.22. The topological polar surface area (TPSA) is 32.3 Å². The summed E-state index contributed by atoms with van der Waals surface area (Å²) >= 11 is 2.98. The van der Waals surface area contributed by atoms with Crippen LogP contribution in [0, 0.1) is 0 Å². The van der Waals surface area contributed by atoms with E-state index in [-0.39, 0.29) is 12.1 Å². The Balaban J connectivity index is 3.18. The Labute approximate surface area is 99.6 Å². The zero-order valence-electron chi connectivity index (χ0n) is 8.48. The molecule has 0 aliphatic heterocycles. The standard InChI is InChI=1S/C10H11BrF3NO/c1-15-5-9(16)7-3-2-6(11)4-8(7)10(12,13)14/h2-4,9,15-16H,5H2,1H3. The van der Waals surface area contributed by atoms with E-state index in [4.69, 9.17) is 0 Å². The van der Waals surface area contributed by atoms with Gasteiger partial charge in [-0.15, -0.1) is 0 Å². The van der Waals surface area contributed by atoms with Gasteiger partial charge in [-0.1, -0.05) is 22.0 Å². The lowest BCUT2D eigenvalue weighted by atomic mass is 10.0. The molecule has 2 nitrogen and oxygen atoms in total. The van der Waals surface area contributed by atoms with E-state index in [2.05, 4.69) is 21.2 Å². The summed E-state index contributed by atoms with van der Waals surface area (Å²) in [5.41, 5.74) is -0.935. The molecule has 0 radical (unpaired) electrons. The molecule has 1 unspecified atom stereocenters. The Kier molecular flexibility index (Phi) is 4.35. The summed E-state index contributed by atoms with van der Waals surface area (Å²) in [6.45, 7) is 0.0741. The van der Waals surface area contributed by atoms with Crippen LogP contribution in [0.5, 0.6) is 0 Å². The first-order chi connectivity index (χ1) is 7.36. The van der Waals surface area contributed by atoms with E-state index in [1.54, 1.807) is 7.05 Å². The van der Waals surface area contributed by atoms with Crippen LogP contribution in [0.4, 0.5) is 13.2 Å². The Hall–Kier alpha value is -0.590. The first kappa shape index (κ1) is 13.5. The molecule has 0 spiro atoms. The van der Waals surface area contributed by atoms with Gasteiger partial charge in [0, 0.05) is 11.0 Å². The van der Waals surface area contributed by atoms with Crippen LogP contribution in [0.15, 0.2) is 22.7 Å².